The lowest BCUT2D eigenvalue weighted by molar-refractivity contribution is -0.116. The summed E-state index contributed by atoms with van der Waals surface area (Å²) in [6, 6.07) is 9.58. The van der Waals surface area contributed by atoms with Crippen LogP contribution < -0.4 is 5.32 Å². The van der Waals surface area contributed by atoms with Gasteiger partial charge in [-0.1, -0.05) is 25.1 Å². The topological polar surface area (TPSA) is 81.8 Å². The number of rotatable bonds is 7. The average Bonchev–Trinajstić information content (AvgIpc) is 3.18. The summed E-state index contributed by atoms with van der Waals surface area (Å²) in [5.74, 6) is 0.553. The van der Waals surface area contributed by atoms with Gasteiger partial charge >= 0.3 is 0 Å². The third-order valence-electron chi connectivity index (χ3n) is 5.39. The summed E-state index contributed by atoms with van der Waals surface area (Å²) in [7, 11) is 0. The van der Waals surface area contributed by atoms with Crippen molar-refractivity contribution in [2.75, 3.05) is 5.32 Å². The maximum absolute atomic E-state index is 12.9. The highest BCUT2D eigenvalue weighted by Gasteiger charge is 2.22. The zero-order valence-electron chi connectivity index (χ0n) is 18.5. The van der Waals surface area contributed by atoms with Crippen molar-refractivity contribution in [3.63, 3.8) is 0 Å². The number of aryl methyl sites for hydroxylation is 2. The van der Waals surface area contributed by atoms with Gasteiger partial charge in [0.15, 0.2) is 5.78 Å². The molecule has 0 saturated carbocycles. The molecule has 0 bridgehead atoms. The number of nitrogens with zero attached hydrogens (tertiary/aromatic N) is 4. The second-order valence-corrected chi connectivity index (χ2v) is 7.67. The molecule has 2 heterocycles. The van der Waals surface area contributed by atoms with Crippen LogP contribution >= 0.6 is 0 Å². The van der Waals surface area contributed by atoms with E-state index < -0.39 is 0 Å². The van der Waals surface area contributed by atoms with Gasteiger partial charge in [-0.15, -0.1) is 0 Å². The number of carbonyl (C=O) groups excluding carboxylic acids is 2. The third kappa shape index (κ3) is 4.06. The second-order valence-electron chi connectivity index (χ2n) is 7.67. The Morgan fingerprint density at radius 2 is 1.77 bits per heavy atom. The summed E-state index contributed by atoms with van der Waals surface area (Å²) >= 11 is 0. The van der Waals surface area contributed by atoms with E-state index in [1.807, 2.05) is 65.0 Å². The maximum atomic E-state index is 12.9. The monoisotopic (exact) mass is 407 g/mol. The minimum Gasteiger partial charge on any atom is -0.310 e. The Morgan fingerprint density at radius 1 is 1.10 bits per heavy atom. The van der Waals surface area contributed by atoms with Crippen molar-refractivity contribution in [3.8, 4) is 5.69 Å². The summed E-state index contributed by atoms with van der Waals surface area (Å²) in [6.45, 7) is 11.2. The van der Waals surface area contributed by atoms with Gasteiger partial charge in [0, 0.05) is 17.7 Å². The molecule has 0 unspecified atom stereocenters. The SMILES string of the molecule is CCc1nn(-c2ccccc2)c(NC(=O)C[C@@H](C)n2nc(C)c(C(C)=O)c2C)c1C. The van der Waals surface area contributed by atoms with Crippen LogP contribution in [0.25, 0.3) is 5.69 Å². The van der Waals surface area contributed by atoms with Crippen molar-refractivity contribution in [1.82, 2.24) is 19.6 Å². The smallest absolute Gasteiger partial charge is 0.227 e. The number of carbonyl (C=O) groups is 2. The van der Waals surface area contributed by atoms with Gasteiger partial charge in [-0.2, -0.15) is 10.2 Å². The van der Waals surface area contributed by atoms with E-state index in [0.29, 0.717) is 17.1 Å². The molecule has 3 rings (SSSR count). The number of hydrogen-bond donors (Lipinski definition) is 1. The minimum absolute atomic E-state index is 0.0117. The van der Waals surface area contributed by atoms with Gasteiger partial charge in [-0.25, -0.2) is 4.68 Å². The summed E-state index contributed by atoms with van der Waals surface area (Å²) in [6.07, 6.45) is 1.02. The zero-order chi connectivity index (χ0) is 22.0. The van der Waals surface area contributed by atoms with E-state index in [1.165, 1.54) is 6.92 Å². The second kappa shape index (κ2) is 8.65. The molecule has 0 aliphatic carbocycles. The molecule has 1 N–H and O–H groups in total. The maximum Gasteiger partial charge on any atom is 0.227 e. The summed E-state index contributed by atoms with van der Waals surface area (Å²) in [5.41, 5.74) is 4.93. The van der Waals surface area contributed by atoms with E-state index in [-0.39, 0.29) is 24.2 Å². The van der Waals surface area contributed by atoms with Crippen LogP contribution in [0.15, 0.2) is 30.3 Å². The Hall–Kier alpha value is -3.22. The Labute approximate surface area is 177 Å². The van der Waals surface area contributed by atoms with Gasteiger partial charge in [0.2, 0.25) is 5.91 Å². The first-order chi connectivity index (χ1) is 14.2. The quantitative estimate of drug-likeness (QED) is 0.591. The van der Waals surface area contributed by atoms with Crippen LogP contribution in [-0.4, -0.2) is 31.3 Å². The highest BCUT2D eigenvalue weighted by molar-refractivity contribution is 5.96. The van der Waals surface area contributed by atoms with E-state index in [4.69, 9.17) is 0 Å². The standard InChI is InChI=1S/C23H29N5O2/c1-7-20-15(3)23(28(26-20)19-11-9-8-10-12-19)24-21(30)13-14(2)27-17(5)22(18(6)29)16(4)25-27/h8-12,14H,7,13H2,1-6H3,(H,24,30)/t14-/m1/s1. The average molecular weight is 408 g/mol. The Bertz CT molecular complexity index is 1080. The van der Waals surface area contributed by atoms with Crippen LogP contribution in [0.3, 0.4) is 0 Å². The number of Topliss-reactive ketones (excluding diaryl/α,β-unsaturated/α-hetero) is 1. The van der Waals surface area contributed by atoms with E-state index in [1.54, 1.807) is 9.36 Å². The third-order valence-corrected chi connectivity index (χ3v) is 5.39. The lowest BCUT2D eigenvalue weighted by Crippen LogP contribution is -2.21. The van der Waals surface area contributed by atoms with Crippen LogP contribution in [0.1, 0.15) is 66.2 Å². The molecule has 1 amide bonds. The number of hydrogen-bond acceptors (Lipinski definition) is 4. The fourth-order valence-electron chi connectivity index (χ4n) is 3.92. The zero-order valence-corrected chi connectivity index (χ0v) is 18.5. The van der Waals surface area contributed by atoms with Crippen molar-refractivity contribution in [2.45, 2.75) is 60.4 Å². The van der Waals surface area contributed by atoms with Gasteiger partial charge in [-0.3, -0.25) is 14.3 Å². The van der Waals surface area contributed by atoms with Crippen molar-refractivity contribution in [1.29, 1.82) is 0 Å². The van der Waals surface area contributed by atoms with Crippen LogP contribution in [-0.2, 0) is 11.2 Å². The molecule has 7 nitrogen and oxygen atoms in total. The molecule has 2 aromatic heterocycles. The highest BCUT2D eigenvalue weighted by atomic mass is 16.1. The molecule has 1 atom stereocenters. The molecule has 0 aliphatic rings. The number of nitrogens with one attached hydrogen (secondary N) is 1. The van der Waals surface area contributed by atoms with Gasteiger partial charge in [0.25, 0.3) is 0 Å². The number of ketones is 1. The van der Waals surface area contributed by atoms with Crippen LogP contribution in [0.5, 0.6) is 0 Å². The minimum atomic E-state index is -0.184. The summed E-state index contributed by atoms with van der Waals surface area (Å²) < 4.78 is 3.55. The molecule has 7 heteroatoms. The van der Waals surface area contributed by atoms with Crippen LogP contribution in [0.4, 0.5) is 5.82 Å². The first-order valence-electron chi connectivity index (χ1n) is 10.2. The molecule has 0 aliphatic heterocycles. The largest absolute Gasteiger partial charge is 0.310 e. The Balaban J connectivity index is 1.84. The predicted octanol–water partition coefficient (Wildman–Crippen LogP) is 4.35. The van der Waals surface area contributed by atoms with Gasteiger partial charge in [0.1, 0.15) is 5.82 Å². The van der Waals surface area contributed by atoms with Crippen molar-refractivity contribution in [2.24, 2.45) is 0 Å². The molecule has 3 aromatic rings. The first kappa shape index (κ1) is 21.5. The molecular formula is C23H29N5O2. The van der Waals surface area contributed by atoms with E-state index >= 15 is 0 Å². The predicted molar refractivity (Wildman–Crippen MR) is 117 cm³/mol. The van der Waals surface area contributed by atoms with Crippen LogP contribution in [0, 0.1) is 20.8 Å². The van der Waals surface area contributed by atoms with E-state index in [0.717, 1.165) is 29.1 Å². The van der Waals surface area contributed by atoms with Crippen molar-refractivity contribution >= 4 is 17.5 Å². The lowest BCUT2D eigenvalue weighted by atomic mass is 10.1. The van der Waals surface area contributed by atoms with Crippen LogP contribution in [0.2, 0.25) is 0 Å². The van der Waals surface area contributed by atoms with Gasteiger partial charge < -0.3 is 5.32 Å². The van der Waals surface area contributed by atoms with E-state index in [9.17, 15) is 9.59 Å². The first-order valence-corrected chi connectivity index (χ1v) is 10.2. The molecule has 0 radical (unpaired) electrons. The van der Waals surface area contributed by atoms with Gasteiger partial charge in [0.05, 0.1) is 28.7 Å². The molecule has 0 spiro atoms. The molecular weight excluding hydrogens is 378 g/mol. The fraction of sp³-hybridized carbons (Fsp3) is 0.391. The molecule has 0 saturated heterocycles. The molecule has 1 aromatic carbocycles. The number of benzene rings is 1. The molecule has 158 valence electrons. The fourth-order valence-corrected chi connectivity index (χ4v) is 3.92. The van der Waals surface area contributed by atoms with Crippen molar-refractivity contribution < 1.29 is 9.59 Å². The van der Waals surface area contributed by atoms with E-state index in [2.05, 4.69) is 15.5 Å². The Kier molecular flexibility index (Phi) is 6.20. The molecule has 30 heavy (non-hydrogen) atoms. The van der Waals surface area contributed by atoms with Gasteiger partial charge in [-0.05, 0) is 53.2 Å². The highest BCUT2D eigenvalue weighted by Crippen LogP contribution is 2.25. The number of amides is 1. The number of aromatic nitrogens is 4. The number of anilines is 1. The summed E-state index contributed by atoms with van der Waals surface area (Å²) in [4.78, 5) is 24.8. The summed E-state index contributed by atoms with van der Waals surface area (Å²) in [5, 5.41) is 12.2. The number of para-hydroxylation sites is 1. The normalized spacial score (nSPS) is 12.1. The molecule has 0 fully saturated rings. The lowest BCUT2D eigenvalue weighted by Gasteiger charge is -2.15. The Morgan fingerprint density at radius 3 is 2.33 bits per heavy atom. The van der Waals surface area contributed by atoms with Crippen molar-refractivity contribution in [3.05, 3.63) is 58.5 Å².